The van der Waals surface area contributed by atoms with Crippen molar-refractivity contribution in [1.29, 1.82) is 0 Å². The summed E-state index contributed by atoms with van der Waals surface area (Å²) in [5, 5.41) is 12.6. The highest BCUT2D eigenvalue weighted by atomic mass is 16.6. The number of oxime groups is 1. The molecule has 0 aromatic carbocycles. The Labute approximate surface area is 89.6 Å². The second-order valence-corrected chi connectivity index (χ2v) is 4.49. The molecule has 0 unspecified atom stereocenters. The Morgan fingerprint density at radius 2 is 2.13 bits per heavy atom. The van der Waals surface area contributed by atoms with E-state index in [9.17, 15) is 4.79 Å². The molecule has 4 heteroatoms. The van der Waals surface area contributed by atoms with Crippen molar-refractivity contribution in [3.63, 3.8) is 0 Å². The van der Waals surface area contributed by atoms with Gasteiger partial charge < -0.3 is 9.94 Å². The number of aliphatic carboxylic acids is 1. The Morgan fingerprint density at radius 1 is 1.53 bits per heavy atom. The molecule has 0 heterocycles. The minimum Gasteiger partial charge on any atom is -0.481 e. The zero-order valence-corrected chi connectivity index (χ0v) is 9.52. The number of carbonyl (C=O) groups is 1. The molecule has 0 radical (unpaired) electrons. The molecule has 0 aromatic heterocycles. The molecule has 4 nitrogen and oxygen atoms in total. The van der Waals surface area contributed by atoms with Crippen LogP contribution in [0.2, 0.25) is 0 Å². The van der Waals surface area contributed by atoms with Crippen LogP contribution < -0.4 is 0 Å². The van der Waals surface area contributed by atoms with Gasteiger partial charge in [0.2, 0.25) is 0 Å². The van der Waals surface area contributed by atoms with E-state index in [0.29, 0.717) is 0 Å². The van der Waals surface area contributed by atoms with Gasteiger partial charge in [-0.15, -0.1) is 0 Å². The summed E-state index contributed by atoms with van der Waals surface area (Å²) >= 11 is 0. The van der Waals surface area contributed by atoms with Gasteiger partial charge >= 0.3 is 5.97 Å². The van der Waals surface area contributed by atoms with Crippen LogP contribution >= 0.6 is 0 Å². The molecule has 0 spiro atoms. The van der Waals surface area contributed by atoms with Crippen LogP contribution in [-0.2, 0) is 9.63 Å². The Hall–Kier alpha value is -1.32. The summed E-state index contributed by atoms with van der Waals surface area (Å²) in [6.07, 6.45) is 3.54. The van der Waals surface area contributed by atoms with Crippen LogP contribution in [0.3, 0.4) is 0 Å². The molecule has 0 aromatic rings. The number of rotatable bonds is 4. The smallest absolute Gasteiger partial charge is 0.307 e. The van der Waals surface area contributed by atoms with Gasteiger partial charge in [0, 0.05) is 0 Å². The minimum atomic E-state index is -0.724. The molecule has 0 bridgehead atoms. The molecule has 1 aliphatic carbocycles. The lowest BCUT2D eigenvalue weighted by Crippen LogP contribution is -2.03. The van der Waals surface area contributed by atoms with E-state index in [0.717, 1.165) is 5.57 Å². The first kappa shape index (κ1) is 11.8. The van der Waals surface area contributed by atoms with Gasteiger partial charge in [-0.1, -0.05) is 25.1 Å². The number of hydrogen-bond donors (Lipinski definition) is 1. The molecule has 0 amide bonds. The Bertz CT molecular complexity index is 318. The van der Waals surface area contributed by atoms with Gasteiger partial charge in [-0.2, -0.15) is 0 Å². The molecular weight excluding hydrogens is 194 g/mol. The van der Waals surface area contributed by atoms with E-state index in [1.807, 2.05) is 26.8 Å². The minimum absolute atomic E-state index is 0.0957. The van der Waals surface area contributed by atoms with Crippen molar-refractivity contribution in [2.24, 2.45) is 22.4 Å². The largest absolute Gasteiger partial charge is 0.481 e. The quantitative estimate of drug-likeness (QED) is 0.571. The van der Waals surface area contributed by atoms with Gasteiger partial charge in [0.05, 0.1) is 12.1 Å². The second kappa shape index (κ2) is 4.04. The van der Waals surface area contributed by atoms with E-state index >= 15 is 0 Å². The van der Waals surface area contributed by atoms with Crippen LogP contribution in [-0.4, -0.2) is 24.4 Å². The van der Waals surface area contributed by atoms with Crippen molar-refractivity contribution in [3.05, 3.63) is 11.6 Å². The zero-order chi connectivity index (χ0) is 11.6. The molecular formula is C11H17NO3. The maximum Gasteiger partial charge on any atom is 0.307 e. The molecule has 15 heavy (non-hydrogen) atoms. The average molecular weight is 211 g/mol. The third-order valence-electron chi connectivity index (χ3n) is 2.98. The van der Waals surface area contributed by atoms with E-state index in [1.165, 1.54) is 7.11 Å². The van der Waals surface area contributed by atoms with Gasteiger partial charge in [0.15, 0.2) is 0 Å². The van der Waals surface area contributed by atoms with E-state index in [2.05, 4.69) is 9.99 Å². The van der Waals surface area contributed by atoms with Crippen molar-refractivity contribution in [2.75, 3.05) is 7.11 Å². The van der Waals surface area contributed by atoms with Crippen molar-refractivity contribution >= 4 is 12.2 Å². The summed E-state index contributed by atoms with van der Waals surface area (Å²) in [6.45, 7) is 5.82. The van der Waals surface area contributed by atoms with Crippen LogP contribution in [0.15, 0.2) is 16.8 Å². The third kappa shape index (κ3) is 2.37. The Morgan fingerprint density at radius 3 is 2.53 bits per heavy atom. The fourth-order valence-electron chi connectivity index (χ4n) is 1.92. The lowest BCUT2D eigenvalue weighted by molar-refractivity contribution is -0.139. The van der Waals surface area contributed by atoms with Crippen LogP contribution in [0.5, 0.6) is 0 Å². The highest BCUT2D eigenvalue weighted by Crippen LogP contribution is 2.59. The summed E-state index contributed by atoms with van der Waals surface area (Å²) in [4.78, 5) is 15.4. The maximum absolute atomic E-state index is 10.9. The summed E-state index contributed by atoms with van der Waals surface area (Å²) in [5.74, 6) is -0.903. The lowest BCUT2D eigenvalue weighted by atomic mass is 10.1. The Balaban J connectivity index is 2.69. The molecule has 84 valence electrons. The molecule has 1 N–H and O–H groups in total. The van der Waals surface area contributed by atoms with Gasteiger partial charge in [0.25, 0.3) is 0 Å². The van der Waals surface area contributed by atoms with Crippen LogP contribution in [0, 0.1) is 17.3 Å². The van der Waals surface area contributed by atoms with Gasteiger partial charge in [-0.3, -0.25) is 4.79 Å². The first-order valence-electron chi connectivity index (χ1n) is 4.89. The van der Waals surface area contributed by atoms with Crippen molar-refractivity contribution in [2.45, 2.75) is 20.8 Å². The first-order valence-corrected chi connectivity index (χ1v) is 4.89. The molecule has 0 saturated heterocycles. The Kier molecular flexibility index (Phi) is 3.17. The molecule has 0 aliphatic heterocycles. The second-order valence-electron chi connectivity index (χ2n) is 4.49. The van der Waals surface area contributed by atoms with E-state index in [1.54, 1.807) is 6.21 Å². The molecule has 1 rings (SSSR count). The van der Waals surface area contributed by atoms with Crippen LogP contribution in [0.25, 0.3) is 0 Å². The summed E-state index contributed by atoms with van der Waals surface area (Å²) < 4.78 is 0. The fraction of sp³-hybridized carbons (Fsp3) is 0.636. The van der Waals surface area contributed by atoms with Crippen LogP contribution in [0.1, 0.15) is 20.8 Å². The predicted octanol–water partition coefficient (Wildman–Crippen LogP) is 1.92. The van der Waals surface area contributed by atoms with Gasteiger partial charge in [-0.05, 0) is 23.8 Å². The molecule has 1 fully saturated rings. The number of hydrogen-bond acceptors (Lipinski definition) is 3. The first-order chi connectivity index (χ1) is 6.91. The van der Waals surface area contributed by atoms with Crippen molar-refractivity contribution in [3.8, 4) is 0 Å². The van der Waals surface area contributed by atoms with Crippen molar-refractivity contribution in [1.82, 2.24) is 0 Å². The van der Waals surface area contributed by atoms with E-state index < -0.39 is 5.97 Å². The number of nitrogens with zero attached hydrogens (tertiary/aromatic N) is 1. The van der Waals surface area contributed by atoms with Gasteiger partial charge in [-0.25, -0.2) is 0 Å². The monoisotopic (exact) mass is 211 g/mol. The van der Waals surface area contributed by atoms with E-state index in [4.69, 9.17) is 5.11 Å². The highest BCUT2D eigenvalue weighted by molar-refractivity contribution is 5.80. The predicted molar refractivity (Wildman–Crippen MR) is 57.7 cm³/mol. The fourth-order valence-corrected chi connectivity index (χ4v) is 1.92. The average Bonchev–Trinajstić information content (AvgIpc) is 2.64. The highest BCUT2D eigenvalue weighted by Gasteiger charge is 2.60. The topological polar surface area (TPSA) is 58.9 Å². The summed E-state index contributed by atoms with van der Waals surface area (Å²) in [6, 6.07) is 0. The molecule has 1 aliphatic rings. The number of allylic oxidation sites excluding steroid dienone is 2. The van der Waals surface area contributed by atoms with Crippen molar-refractivity contribution < 1.29 is 14.7 Å². The lowest BCUT2D eigenvalue weighted by Gasteiger charge is -1.97. The normalized spacial score (nSPS) is 29.2. The number of carboxylic acid groups (broad SMARTS) is 1. The number of carboxylic acids is 1. The zero-order valence-electron chi connectivity index (χ0n) is 9.52. The maximum atomic E-state index is 10.9. The van der Waals surface area contributed by atoms with E-state index in [-0.39, 0.29) is 17.3 Å². The van der Waals surface area contributed by atoms with Crippen LogP contribution in [0.4, 0.5) is 0 Å². The van der Waals surface area contributed by atoms with Gasteiger partial charge in [0.1, 0.15) is 7.11 Å². The standard InChI is InChI=1S/C11H17NO3/c1-7(6-12-15-4)5-8-9(10(13)14)11(8,2)3/h5-6,8-9H,1-4H3,(H,13,14)/b7-5?,12-6+/t8-,9+/m1/s1. The third-order valence-corrected chi connectivity index (χ3v) is 2.98. The SMILES string of the molecule is CO/N=C/C(C)=C[C@@H]1[C@@H](C(=O)O)C1(C)C. The molecule has 1 saturated carbocycles. The molecule has 2 atom stereocenters. The summed E-state index contributed by atoms with van der Waals surface area (Å²) in [5.41, 5.74) is 0.784. The summed E-state index contributed by atoms with van der Waals surface area (Å²) in [7, 11) is 1.48.